The average molecular weight is 326 g/mol. The number of carboxylic acid groups (broad SMARTS) is 1. The lowest BCUT2D eigenvalue weighted by molar-refractivity contribution is 0.0308. The molecule has 1 aliphatic rings. The fourth-order valence-electron chi connectivity index (χ4n) is 2.55. The highest BCUT2D eigenvalue weighted by Gasteiger charge is 2.24. The molecule has 8 heteroatoms. The number of aromatic carboxylic acids is 1. The summed E-state index contributed by atoms with van der Waals surface area (Å²) in [6, 6.07) is 1.58. The molecule has 0 saturated carbocycles. The molecule has 1 N–H and O–H groups in total. The average Bonchev–Trinajstić information content (AvgIpc) is 3.11. The lowest BCUT2D eigenvalue weighted by Gasteiger charge is -2.18. The zero-order chi connectivity index (χ0) is 15.7. The Hall–Kier alpha value is -1.70. The summed E-state index contributed by atoms with van der Waals surface area (Å²) in [4.78, 5) is 15.5. The molecule has 0 amide bonds. The van der Waals surface area contributed by atoms with Crippen LogP contribution in [-0.4, -0.2) is 45.5 Å². The monoisotopic (exact) mass is 325 g/mol. The van der Waals surface area contributed by atoms with Gasteiger partial charge < -0.3 is 14.6 Å². The van der Waals surface area contributed by atoms with E-state index in [0.29, 0.717) is 30.5 Å². The number of carbonyl (C=O) groups is 1. The molecule has 1 aliphatic heterocycles. The van der Waals surface area contributed by atoms with Crippen molar-refractivity contribution in [1.29, 1.82) is 0 Å². The van der Waals surface area contributed by atoms with Crippen molar-refractivity contribution in [2.24, 2.45) is 5.92 Å². The first-order valence-electron chi connectivity index (χ1n) is 7.03. The van der Waals surface area contributed by atoms with Gasteiger partial charge in [0.15, 0.2) is 10.8 Å². The van der Waals surface area contributed by atoms with E-state index < -0.39 is 12.1 Å². The summed E-state index contributed by atoms with van der Waals surface area (Å²) in [7, 11) is 0. The first-order valence-corrected chi connectivity index (χ1v) is 7.41. The summed E-state index contributed by atoms with van der Waals surface area (Å²) in [5.74, 6) is -0.732. The Bertz CT molecular complexity index is 697. The Morgan fingerprint density at radius 1 is 1.68 bits per heavy atom. The molecule has 0 spiro atoms. The van der Waals surface area contributed by atoms with Gasteiger partial charge in [0.05, 0.1) is 25.0 Å². The van der Waals surface area contributed by atoms with Crippen LogP contribution in [0.1, 0.15) is 35.5 Å². The van der Waals surface area contributed by atoms with E-state index in [0.717, 1.165) is 13.0 Å². The van der Waals surface area contributed by atoms with E-state index >= 15 is 0 Å². The van der Waals surface area contributed by atoms with Gasteiger partial charge in [0.1, 0.15) is 5.56 Å². The van der Waals surface area contributed by atoms with Crippen LogP contribution in [0.2, 0.25) is 5.15 Å². The summed E-state index contributed by atoms with van der Waals surface area (Å²) in [5.41, 5.74) is 0.982. The zero-order valence-electron chi connectivity index (χ0n) is 12.0. The van der Waals surface area contributed by atoms with Crippen LogP contribution in [0.25, 0.3) is 5.65 Å². The molecule has 2 atom stereocenters. The minimum Gasteiger partial charge on any atom is -0.478 e. The third-order valence-electron chi connectivity index (χ3n) is 3.71. The van der Waals surface area contributed by atoms with Crippen LogP contribution in [0, 0.1) is 5.92 Å². The molecule has 0 aromatic carbocycles. The highest BCUT2D eigenvalue weighted by molar-refractivity contribution is 6.29. The molecule has 1 fully saturated rings. The largest absolute Gasteiger partial charge is 0.478 e. The third kappa shape index (κ3) is 2.92. The Balaban J connectivity index is 1.91. The molecule has 22 heavy (non-hydrogen) atoms. The van der Waals surface area contributed by atoms with Gasteiger partial charge in [-0.15, -0.1) is 0 Å². The molecule has 118 valence electrons. The van der Waals surface area contributed by atoms with Crippen LogP contribution in [-0.2, 0) is 9.47 Å². The normalized spacial score (nSPS) is 19.6. The Morgan fingerprint density at radius 3 is 3.18 bits per heavy atom. The van der Waals surface area contributed by atoms with E-state index in [1.807, 2.05) is 0 Å². The minimum atomic E-state index is -1.07. The molecule has 7 nitrogen and oxygen atoms in total. The molecule has 3 heterocycles. The van der Waals surface area contributed by atoms with E-state index in [2.05, 4.69) is 10.1 Å². The van der Waals surface area contributed by atoms with Crippen LogP contribution < -0.4 is 0 Å². The zero-order valence-corrected chi connectivity index (χ0v) is 12.8. The number of fused-ring (bicyclic) bond motifs is 1. The maximum absolute atomic E-state index is 11.4. The Morgan fingerprint density at radius 2 is 2.50 bits per heavy atom. The molecular formula is C14H16ClN3O4. The maximum atomic E-state index is 11.4. The summed E-state index contributed by atoms with van der Waals surface area (Å²) in [6.07, 6.45) is 1.81. The van der Waals surface area contributed by atoms with Crippen molar-refractivity contribution in [2.45, 2.75) is 19.4 Å². The van der Waals surface area contributed by atoms with Gasteiger partial charge in [-0.1, -0.05) is 11.6 Å². The van der Waals surface area contributed by atoms with Crippen molar-refractivity contribution in [2.75, 3.05) is 19.8 Å². The quantitative estimate of drug-likeness (QED) is 0.907. The molecule has 2 aromatic heterocycles. The lowest BCUT2D eigenvalue weighted by atomic mass is 10.1. The van der Waals surface area contributed by atoms with Gasteiger partial charge >= 0.3 is 5.97 Å². The molecule has 1 saturated heterocycles. The second-order valence-electron chi connectivity index (χ2n) is 5.30. The van der Waals surface area contributed by atoms with Crippen LogP contribution in [0.5, 0.6) is 0 Å². The minimum absolute atomic E-state index is 0.0578. The van der Waals surface area contributed by atoms with Crippen LogP contribution in [0.3, 0.4) is 0 Å². The highest BCUT2D eigenvalue weighted by atomic mass is 35.5. The number of hydrogen-bond acceptors (Lipinski definition) is 5. The van der Waals surface area contributed by atoms with Gasteiger partial charge in [-0.2, -0.15) is 5.10 Å². The summed E-state index contributed by atoms with van der Waals surface area (Å²) < 4.78 is 12.6. The molecule has 0 radical (unpaired) electrons. The molecule has 0 aliphatic carbocycles. The standard InChI is InChI=1S/C14H16ClN3O4/c1-8(22-7-9-2-3-21-6-9)13-10(14(19)20)5-16-12-4-11(15)17-18(12)13/h4-5,8-9H,2-3,6-7H2,1H3,(H,19,20)/t8?,9-/m1/s1. The van der Waals surface area contributed by atoms with Gasteiger partial charge in [-0.25, -0.2) is 14.3 Å². The molecule has 0 bridgehead atoms. The smallest absolute Gasteiger partial charge is 0.339 e. The van der Waals surface area contributed by atoms with Gasteiger partial charge in [0, 0.05) is 24.8 Å². The van der Waals surface area contributed by atoms with E-state index in [1.165, 1.54) is 10.7 Å². The summed E-state index contributed by atoms with van der Waals surface area (Å²) >= 11 is 5.90. The fraction of sp³-hybridized carbons (Fsp3) is 0.500. The number of aromatic nitrogens is 3. The van der Waals surface area contributed by atoms with Gasteiger partial charge in [0.2, 0.25) is 0 Å². The number of rotatable bonds is 5. The number of ether oxygens (including phenoxy) is 2. The molecule has 1 unspecified atom stereocenters. The SMILES string of the molecule is CC(OC[C@@H]1CCOC1)c1c(C(=O)O)cnc2cc(Cl)nn12. The van der Waals surface area contributed by atoms with E-state index in [4.69, 9.17) is 21.1 Å². The Kier molecular flexibility index (Phi) is 4.28. The van der Waals surface area contributed by atoms with Crippen molar-refractivity contribution in [3.63, 3.8) is 0 Å². The van der Waals surface area contributed by atoms with Gasteiger partial charge in [0.25, 0.3) is 0 Å². The second-order valence-corrected chi connectivity index (χ2v) is 5.69. The van der Waals surface area contributed by atoms with E-state index in [-0.39, 0.29) is 10.7 Å². The number of halogens is 1. The molecule has 3 rings (SSSR count). The fourth-order valence-corrected chi connectivity index (χ4v) is 2.73. The van der Waals surface area contributed by atoms with Crippen molar-refractivity contribution in [3.05, 3.63) is 28.7 Å². The number of hydrogen-bond donors (Lipinski definition) is 1. The molecular weight excluding hydrogens is 310 g/mol. The first kappa shape index (κ1) is 15.2. The predicted octanol–water partition coefficient (Wildman–Crippen LogP) is 2.20. The predicted molar refractivity (Wildman–Crippen MR) is 78.2 cm³/mol. The second kappa shape index (κ2) is 6.20. The number of nitrogens with zero attached hydrogens (tertiary/aromatic N) is 3. The van der Waals surface area contributed by atoms with Crippen LogP contribution >= 0.6 is 11.6 Å². The van der Waals surface area contributed by atoms with Crippen LogP contribution in [0.4, 0.5) is 0 Å². The first-order chi connectivity index (χ1) is 10.6. The third-order valence-corrected chi connectivity index (χ3v) is 3.90. The summed E-state index contributed by atoms with van der Waals surface area (Å²) in [6.45, 7) is 3.74. The van der Waals surface area contributed by atoms with E-state index in [1.54, 1.807) is 13.0 Å². The van der Waals surface area contributed by atoms with Crippen molar-refractivity contribution in [3.8, 4) is 0 Å². The maximum Gasteiger partial charge on any atom is 0.339 e. The van der Waals surface area contributed by atoms with Gasteiger partial charge in [-0.05, 0) is 13.3 Å². The summed E-state index contributed by atoms with van der Waals surface area (Å²) in [5, 5.41) is 13.7. The van der Waals surface area contributed by atoms with E-state index in [9.17, 15) is 9.90 Å². The molecule has 2 aromatic rings. The highest BCUT2D eigenvalue weighted by Crippen LogP contribution is 2.25. The lowest BCUT2D eigenvalue weighted by Crippen LogP contribution is -2.18. The van der Waals surface area contributed by atoms with Crippen LogP contribution in [0.15, 0.2) is 12.3 Å². The van der Waals surface area contributed by atoms with Gasteiger partial charge in [-0.3, -0.25) is 0 Å². The topological polar surface area (TPSA) is 86.0 Å². The van der Waals surface area contributed by atoms with Crippen molar-refractivity contribution in [1.82, 2.24) is 14.6 Å². The van der Waals surface area contributed by atoms with Crippen molar-refractivity contribution < 1.29 is 19.4 Å². The Labute approximate surface area is 131 Å². The number of carboxylic acids is 1. The van der Waals surface area contributed by atoms with Crippen molar-refractivity contribution >= 4 is 23.2 Å².